The molecule has 1 aromatic rings. The zero-order valence-electron chi connectivity index (χ0n) is 15.1. The molecule has 7 nitrogen and oxygen atoms in total. The molecule has 0 aromatic heterocycles. The lowest BCUT2D eigenvalue weighted by Gasteiger charge is -2.40. The quantitative estimate of drug-likeness (QED) is 0.680. The van der Waals surface area contributed by atoms with Crippen LogP contribution in [0.25, 0.3) is 0 Å². The highest BCUT2D eigenvalue weighted by Crippen LogP contribution is 2.31. The topological polar surface area (TPSA) is 90.5 Å². The van der Waals surface area contributed by atoms with Gasteiger partial charge in [-0.25, -0.2) is 9.18 Å². The zero-order chi connectivity index (χ0) is 19.8. The van der Waals surface area contributed by atoms with Crippen LogP contribution in [-0.2, 0) is 9.59 Å². The third kappa shape index (κ3) is 3.91. The van der Waals surface area contributed by atoms with Gasteiger partial charge in [-0.1, -0.05) is 11.6 Å². The second-order valence-electron chi connectivity index (χ2n) is 7.21. The molecule has 2 saturated heterocycles. The molecule has 27 heavy (non-hydrogen) atoms. The van der Waals surface area contributed by atoms with Crippen LogP contribution in [0, 0.1) is 11.7 Å². The van der Waals surface area contributed by atoms with E-state index in [2.05, 4.69) is 16.0 Å². The predicted molar refractivity (Wildman–Crippen MR) is 98.9 cm³/mol. The minimum absolute atomic E-state index is 0.0131. The first-order chi connectivity index (χ1) is 12.7. The Labute approximate surface area is 161 Å². The van der Waals surface area contributed by atoms with Crippen molar-refractivity contribution in [3.63, 3.8) is 0 Å². The van der Waals surface area contributed by atoms with Gasteiger partial charge in [-0.3, -0.25) is 19.8 Å². The van der Waals surface area contributed by atoms with E-state index in [9.17, 15) is 18.8 Å². The molecule has 2 atom stereocenters. The van der Waals surface area contributed by atoms with E-state index in [1.165, 1.54) is 18.2 Å². The van der Waals surface area contributed by atoms with Crippen LogP contribution in [0.5, 0.6) is 0 Å². The number of nitrogens with zero attached hydrogens (tertiary/aromatic N) is 1. The molecule has 1 aromatic carbocycles. The first-order valence-electron chi connectivity index (χ1n) is 8.84. The number of carbonyl (C=O) groups excluding carboxylic acids is 3. The predicted octanol–water partition coefficient (Wildman–Crippen LogP) is 2.12. The van der Waals surface area contributed by atoms with Crippen molar-refractivity contribution in [1.29, 1.82) is 0 Å². The molecule has 0 aliphatic carbocycles. The van der Waals surface area contributed by atoms with Gasteiger partial charge in [-0.2, -0.15) is 0 Å². The molecule has 0 spiro atoms. The molecule has 3 rings (SSSR count). The summed E-state index contributed by atoms with van der Waals surface area (Å²) in [5.74, 6) is -1.20. The maximum absolute atomic E-state index is 13.8. The van der Waals surface area contributed by atoms with E-state index in [0.29, 0.717) is 31.0 Å². The SMILES string of the molecule is C[C@@H](C(=O)Nc1cc(Cl)ccc1F)N1CCC([C@]2(C)NC(=O)NC2=O)CC1. The molecule has 0 radical (unpaired) electrons. The van der Waals surface area contributed by atoms with E-state index in [0.717, 1.165) is 0 Å². The van der Waals surface area contributed by atoms with Gasteiger partial charge in [-0.05, 0) is 63.9 Å². The van der Waals surface area contributed by atoms with Gasteiger partial charge in [-0.15, -0.1) is 0 Å². The summed E-state index contributed by atoms with van der Waals surface area (Å²) in [5, 5.41) is 7.90. The number of halogens is 2. The molecule has 2 heterocycles. The third-order valence-electron chi connectivity index (χ3n) is 5.53. The fourth-order valence-electron chi connectivity index (χ4n) is 3.70. The van der Waals surface area contributed by atoms with Crippen molar-refractivity contribution in [2.75, 3.05) is 18.4 Å². The lowest BCUT2D eigenvalue weighted by molar-refractivity contribution is -0.127. The number of anilines is 1. The summed E-state index contributed by atoms with van der Waals surface area (Å²) in [7, 11) is 0. The Morgan fingerprint density at radius 1 is 1.37 bits per heavy atom. The van der Waals surface area contributed by atoms with Gasteiger partial charge in [0.2, 0.25) is 5.91 Å². The Morgan fingerprint density at radius 2 is 2.04 bits per heavy atom. The number of likely N-dealkylation sites (tertiary alicyclic amines) is 1. The first-order valence-corrected chi connectivity index (χ1v) is 9.22. The second-order valence-corrected chi connectivity index (χ2v) is 7.65. The van der Waals surface area contributed by atoms with Crippen LogP contribution in [0.2, 0.25) is 5.02 Å². The molecule has 2 aliphatic rings. The van der Waals surface area contributed by atoms with Crippen molar-refractivity contribution in [3.8, 4) is 0 Å². The number of piperidine rings is 1. The van der Waals surface area contributed by atoms with Crippen LogP contribution in [0.4, 0.5) is 14.9 Å². The van der Waals surface area contributed by atoms with Crippen molar-refractivity contribution in [1.82, 2.24) is 15.5 Å². The Hall–Kier alpha value is -2.19. The molecule has 146 valence electrons. The Balaban J connectivity index is 1.59. The number of benzene rings is 1. The van der Waals surface area contributed by atoms with Crippen LogP contribution in [0.3, 0.4) is 0 Å². The molecule has 2 aliphatic heterocycles. The third-order valence-corrected chi connectivity index (χ3v) is 5.77. The normalized spacial score (nSPS) is 25.0. The van der Waals surface area contributed by atoms with E-state index in [1.807, 2.05) is 4.90 Å². The summed E-state index contributed by atoms with van der Waals surface area (Å²) < 4.78 is 13.8. The number of hydrogen-bond donors (Lipinski definition) is 3. The molecule has 0 unspecified atom stereocenters. The van der Waals surface area contributed by atoms with Crippen LogP contribution >= 0.6 is 11.6 Å². The molecular weight excluding hydrogens is 375 g/mol. The van der Waals surface area contributed by atoms with Gasteiger partial charge >= 0.3 is 6.03 Å². The van der Waals surface area contributed by atoms with E-state index >= 15 is 0 Å². The highest BCUT2D eigenvalue weighted by atomic mass is 35.5. The van der Waals surface area contributed by atoms with Gasteiger partial charge in [0.1, 0.15) is 11.4 Å². The molecule has 2 fully saturated rings. The summed E-state index contributed by atoms with van der Waals surface area (Å²) in [6.45, 7) is 4.67. The molecule has 9 heteroatoms. The summed E-state index contributed by atoms with van der Waals surface area (Å²) in [5.41, 5.74) is -0.870. The maximum Gasteiger partial charge on any atom is 0.322 e. The second kappa shape index (κ2) is 7.44. The molecule has 0 bridgehead atoms. The van der Waals surface area contributed by atoms with Gasteiger partial charge in [0.05, 0.1) is 11.7 Å². The van der Waals surface area contributed by atoms with E-state index in [4.69, 9.17) is 11.6 Å². The average molecular weight is 397 g/mol. The van der Waals surface area contributed by atoms with E-state index in [1.54, 1.807) is 13.8 Å². The number of imide groups is 1. The number of urea groups is 1. The molecule has 4 amide bonds. The van der Waals surface area contributed by atoms with E-state index in [-0.39, 0.29) is 23.4 Å². The summed E-state index contributed by atoms with van der Waals surface area (Å²) in [6.07, 6.45) is 1.32. The van der Waals surface area contributed by atoms with E-state index < -0.39 is 23.4 Å². The van der Waals surface area contributed by atoms with Crippen LogP contribution in [-0.4, -0.2) is 47.4 Å². The van der Waals surface area contributed by atoms with Crippen molar-refractivity contribution in [2.24, 2.45) is 5.92 Å². The summed E-state index contributed by atoms with van der Waals surface area (Å²) in [6, 6.07) is 3.05. The lowest BCUT2D eigenvalue weighted by atomic mass is 9.79. The largest absolute Gasteiger partial charge is 0.323 e. The lowest BCUT2D eigenvalue weighted by Crippen LogP contribution is -2.55. The van der Waals surface area contributed by atoms with Gasteiger partial charge < -0.3 is 10.6 Å². The minimum atomic E-state index is -0.918. The van der Waals surface area contributed by atoms with Crippen molar-refractivity contribution >= 4 is 35.1 Å². The monoisotopic (exact) mass is 396 g/mol. The molecule has 3 N–H and O–H groups in total. The molecule has 0 saturated carbocycles. The number of carbonyl (C=O) groups is 3. The van der Waals surface area contributed by atoms with Crippen LogP contribution < -0.4 is 16.0 Å². The highest BCUT2D eigenvalue weighted by molar-refractivity contribution is 6.30. The fourth-order valence-corrected chi connectivity index (χ4v) is 3.88. The number of hydrogen-bond acceptors (Lipinski definition) is 4. The standard InChI is InChI=1S/C18H22ClFN4O3/c1-10(15(25)21-14-9-12(19)3-4-13(14)20)24-7-5-11(6-8-24)18(2)16(26)22-17(27)23-18/h3-4,9-11H,5-8H2,1-2H3,(H,21,25)(H2,22,23,26,27)/t10-,18-/m0/s1. The van der Waals surface area contributed by atoms with Gasteiger partial charge in [0.25, 0.3) is 5.91 Å². The minimum Gasteiger partial charge on any atom is -0.323 e. The van der Waals surface area contributed by atoms with Crippen LogP contribution in [0.1, 0.15) is 26.7 Å². The molecular formula is C18H22ClFN4O3. The maximum atomic E-state index is 13.8. The first kappa shape index (κ1) is 19.6. The van der Waals surface area contributed by atoms with Gasteiger partial charge in [0.15, 0.2) is 0 Å². The van der Waals surface area contributed by atoms with Crippen molar-refractivity contribution < 1.29 is 18.8 Å². The smallest absolute Gasteiger partial charge is 0.322 e. The number of rotatable bonds is 4. The highest BCUT2D eigenvalue weighted by Gasteiger charge is 2.48. The zero-order valence-corrected chi connectivity index (χ0v) is 15.9. The number of nitrogens with one attached hydrogen (secondary N) is 3. The fraction of sp³-hybridized carbons (Fsp3) is 0.500. The Kier molecular flexibility index (Phi) is 5.39. The van der Waals surface area contributed by atoms with Gasteiger partial charge in [0, 0.05) is 5.02 Å². The summed E-state index contributed by atoms with van der Waals surface area (Å²) in [4.78, 5) is 38.0. The Bertz CT molecular complexity index is 782. The van der Waals surface area contributed by atoms with Crippen molar-refractivity contribution in [3.05, 3.63) is 29.0 Å². The van der Waals surface area contributed by atoms with Crippen LogP contribution in [0.15, 0.2) is 18.2 Å². The average Bonchev–Trinajstić information content (AvgIpc) is 2.90. The summed E-state index contributed by atoms with van der Waals surface area (Å²) >= 11 is 5.85. The Morgan fingerprint density at radius 3 is 2.63 bits per heavy atom. The van der Waals surface area contributed by atoms with Crippen molar-refractivity contribution in [2.45, 2.75) is 38.3 Å². The number of amides is 4.